The molecule has 106 valence electrons. The first-order valence-corrected chi connectivity index (χ1v) is 8.60. The maximum atomic E-state index is 10.9. The zero-order chi connectivity index (χ0) is 13.6. The summed E-state index contributed by atoms with van der Waals surface area (Å²) in [4.78, 5) is 0. The molecule has 0 aliphatic heterocycles. The summed E-state index contributed by atoms with van der Waals surface area (Å²) in [6.07, 6.45) is 4.56. The van der Waals surface area contributed by atoms with Gasteiger partial charge in [0.05, 0.1) is 5.75 Å². The minimum absolute atomic E-state index is 0.0767. The van der Waals surface area contributed by atoms with Crippen molar-refractivity contribution in [1.82, 2.24) is 5.32 Å². The third-order valence-electron chi connectivity index (χ3n) is 5.22. The summed E-state index contributed by atoms with van der Waals surface area (Å²) in [5.74, 6) is 0.894. The van der Waals surface area contributed by atoms with Gasteiger partial charge in [0.15, 0.2) is 0 Å². The summed E-state index contributed by atoms with van der Waals surface area (Å²) in [7, 11) is -3.31. The molecule has 5 heteroatoms. The van der Waals surface area contributed by atoms with Crippen LogP contribution < -0.4 is 10.5 Å². The van der Waals surface area contributed by atoms with Crippen molar-refractivity contribution in [2.45, 2.75) is 52.5 Å². The third-order valence-corrected chi connectivity index (χ3v) is 6.08. The van der Waals surface area contributed by atoms with E-state index in [0.29, 0.717) is 23.3 Å². The van der Waals surface area contributed by atoms with Crippen molar-refractivity contribution in [2.24, 2.45) is 21.9 Å². The highest BCUT2D eigenvalue weighted by atomic mass is 32.2. The molecule has 3 atom stereocenters. The lowest BCUT2D eigenvalue weighted by atomic mass is 9.68. The minimum atomic E-state index is -3.31. The Labute approximate surface area is 111 Å². The van der Waals surface area contributed by atoms with E-state index < -0.39 is 10.0 Å². The Bertz CT molecular complexity index is 414. The van der Waals surface area contributed by atoms with Gasteiger partial charge in [-0.15, -0.1) is 0 Å². The molecule has 0 radical (unpaired) electrons. The minimum Gasteiger partial charge on any atom is -0.313 e. The quantitative estimate of drug-likeness (QED) is 0.746. The van der Waals surface area contributed by atoms with Crippen LogP contribution >= 0.6 is 0 Å². The lowest BCUT2D eigenvalue weighted by Crippen LogP contribution is -2.50. The zero-order valence-corrected chi connectivity index (χ0v) is 12.5. The van der Waals surface area contributed by atoms with Crippen molar-refractivity contribution in [2.75, 3.05) is 12.3 Å². The van der Waals surface area contributed by atoms with Crippen LogP contribution in [0.25, 0.3) is 0 Å². The first kappa shape index (κ1) is 14.3. The second-order valence-corrected chi connectivity index (χ2v) is 8.76. The first-order chi connectivity index (χ1) is 8.15. The van der Waals surface area contributed by atoms with Crippen LogP contribution in [0.5, 0.6) is 0 Å². The summed E-state index contributed by atoms with van der Waals surface area (Å²) >= 11 is 0. The molecule has 2 aliphatic carbocycles. The number of primary sulfonamides is 1. The van der Waals surface area contributed by atoms with Crippen molar-refractivity contribution in [1.29, 1.82) is 0 Å². The SMILES string of the molecule is CC1(C)C(NCCCS(N)(=O)=O)[C@]2(C)CC[C@H]1C2. The van der Waals surface area contributed by atoms with E-state index in [1.54, 1.807) is 0 Å². The predicted molar refractivity (Wildman–Crippen MR) is 73.6 cm³/mol. The third kappa shape index (κ3) is 2.58. The molecule has 2 rings (SSSR count). The molecular formula is C13H26N2O2S. The highest BCUT2D eigenvalue weighted by Crippen LogP contribution is 2.62. The molecule has 0 aromatic heterocycles. The fraction of sp³-hybridized carbons (Fsp3) is 1.00. The summed E-state index contributed by atoms with van der Waals surface area (Å²) in [5.41, 5.74) is 0.727. The van der Waals surface area contributed by atoms with Crippen LogP contribution in [-0.2, 0) is 10.0 Å². The van der Waals surface area contributed by atoms with E-state index in [1.165, 1.54) is 19.3 Å². The standard InChI is InChI=1S/C13H26N2O2S/c1-12(2)10-5-6-13(3,9-10)11(12)15-7-4-8-18(14,16)17/h10-11,15H,4-9H2,1-3H3,(H2,14,16,17)/t10-,11?,13+/m0/s1. The molecule has 0 saturated heterocycles. The maximum Gasteiger partial charge on any atom is 0.209 e. The maximum absolute atomic E-state index is 10.9. The van der Waals surface area contributed by atoms with E-state index in [9.17, 15) is 8.42 Å². The average molecular weight is 274 g/mol. The van der Waals surface area contributed by atoms with Crippen molar-refractivity contribution in [3.05, 3.63) is 0 Å². The Balaban J connectivity index is 1.89. The molecule has 4 nitrogen and oxygen atoms in total. The summed E-state index contributed by atoms with van der Waals surface area (Å²) in [6.45, 7) is 7.81. The van der Waals surface area contributed by atoms with Gasteiger partial charge < -0.3 is 5.32 Å². The van der Waals surface area contributed by atoms with Crippen LogP contribution in [0.2, 0.25) is 0 Å². The molecule has 0 spiro atoms. The molecule has 0 aromatic carbocycles. The van der Waals surface area contributed by atoms with Gasteiger partial charge in [-0.2, -0.15) is 0 Å². The second-order valence-electron chi connectivity index (χ2n) is 7.02. The largest absolute Gasteiger partial charge is 0.313 e. The normalized spacial score (nSPS) is 38.2. The van der Waals surface area contributed by atoms with Gasteiger partial charge >= 0.3 is 0 Å². The Morgan fingerprint density at radius 3 is 2.50 bits per heavy atom. The van der Waals surface area contributed by atoms with Gasteiger partial charge in [-0.25, -0.2) is 13.6 Å². The average Bonchev–Trinajstić information content (AvgIpc) is 2.66. The first-order valence-electron chi connectivity index (χ1n) is 6.89. The molecule has 1 unspecified atom stereocenters. The molecular weight excluding hydrogens is 248 g/mol. The number of fused-ring (bicyclic) bond motifs is 2. The topological polar surface area (TPSA) is 72.2 Å². The smallest absolute Gasteiger partial charge is 0.209 e. The fourth-order valence-electron chi connectivity index (χ4n) is 4.33. The van der Waals surface area contributed by atoms with Gasteiger partial charge in [0.25, 0.3) is 0 Å². The molecule has 0 amide bonds. The van der Waals surface area contributed by atoms with Gasteiger partial charge in [-0.1, -0.05) is 20.8 Å². The zero-order valence-electron chi connectivity index (χ0n) is 11.7. The van der Waals surface area contributed by atoms with Crippen LogP contribution in [0.4, 0.5) is 0 Å². The molecule has 0 aromatic rings. The predicted octanol–water partition coefficient (Wildman–Crippen LogP) is 1.47. The second kappa shape index (κ2) is 4.46. The lowest BCUT2D eigenvalue weighted by molar-refractivity contribution is 0.110. The van der Waals surface area contributed by atoms with Crippen molar-refractivity contribution in [3.8, 4) is 0 Å². The van der Waals surface area contributed by atoms with Gasteiger partial charge in [0, 0.05) is 6.04 Å². The molecule has 2 bridgehead atoms. The van der Waals surface area contributed by atoms with Crippen molar-refractivity contribution >= 4 is 10.0 Å². The number of sulfonamides is 1. The molecule has 2 fully saturated rings. The van der Waals surface area contributed by atoms with Crippen LogP contribution in [0.1, 0.15) is 46.5 Å². The van der Waals surface area contributed by atoms with E-state index >= 15 is 0 Å². The lowest BCUT2D eigenvalue weighted by Gasteiger charge is -2.43. The van der Waals surface area contributed by atoms with Gasteiger partial charge in [0.2, 0.25) is 10.0 Å². The number of hydrogen-bond donors (Lipinski definition) is 2. The summed E-state index contributed by atoms with van der Waals surface area (Å²) < 4.78 is 21.8. The number of nitrogens with one attached hydrogen (secondary N) is 1. The van der Waals surface area contributed by atoms with Crippen LogP contribution in [0, 0.1) is 16.7 Å². The number of nitrogens with two attached hydrogens (primary N) is 1. The van der Waals surface area contributed by atoms with Crippen LogP contribution in [-0.4, -0.2) is 26.8 Å². The molecule has 18 heavy (non-hydrogen) atoms. The van der Waals surface area contributed by atoms with E-state index in [-0.39, 0.29) is 5.75 Å². The Morgan fingerprint density at radius 1 is 1.33 bits per heavy atom. The van der Waals surface area contributed by atoms with E-state index in [0.717, 1.165) is 12.5 Å². The van der Waals surface area contributed by atoms with Crippen LogP contribution in [0.15, 0.2) is 0 Å². The monoisotopic (exact) mass is 274 g/mol. The van der Waals surface area contributed by atoms with E-state index in [1.807, 2.05) is 0 Å². The molecule has 0 heterocycles. The van der Waals surface area contributed by atoms with E-state index in [2.05, 4.69) is 26.1 Å². The highest BCUT2D eigenvalue weighted by molar-refractivity contribution is 7.89. The van der Waals surface area contributed by atoms with Crippen molar-refractivity contribution in [3.63, 3.8) is 0 Å². The van der Waals surface area contributed by atoms with Crippen LogP contribution in [0.3, 0.4) is 0 Å². The molecule has 3 N–H and O–H groups in total. The van der Waals surface area contributed by atoms with Gasteiger partial charge in [-0.3, -0.25) is 0 Å². The Hall–Kier alpha value is -0.130. The highest BCUT2D eigenvalue weighted by Gasteiger charge is 2.58. The number of hydrogen-bond acceptors (Lipinski definition) is 3. The van der Waals surface area contributed by atoms with Crippen molar-refractivity contribution < 1.29 is 8.42 Å². The summed E-state index contributed by atoms with van der Waals surface area (Å²) in [6, 6.07) is 0.504. The van der Waals surface area contributed by atoms with Gasteiger partial charge in [0.1, 0.15) is 0 Å². The summed E-state index contributed by atoms with van der Waals surface area (Å²) in [5, 5.41) is 8.61. The fourth-order valence-corrected chi connectivity index (χ4v) is 4.88. The van der Waals surface area contributed by atoms with Gasteiger partial charge in [-0.05, 0) is 49.0 Å². The Kier molecular flexibility index (Phi) is 3.54. The molecule has 2 saturated carbocycles. The Morgan fingerprint density at radius 2 is 2.00 bits per heavy atom. The molecule has 2 aliphatic rings. The number of rotatable bonds is 5. The van der Waals surface area contributed by atoms with E-state index in [4.69, 9.17) is 5.14 Å².